The second-order valence-electron chi connectivity index (χ2n) is 9.62. The predicted octanol–water partition coefficient (Wildman–Crippen LogP) is 2.73. The minimum atomic E-state index is -4.74. The number of pyridine rings is 1. The lowest BCUT2D eigenvalue weighted by molar-refractivity contribution is -0.119. The Bertz CT molecular complexity index is 1390. The van der Waals surface area contributed by atoms with E-state index in [4.69, 9.17) is 14.9 Å². The van der Waals surface area contributed by atoms with Crippen LogP contribution in [-0.4, -0.2) is 69.1 Å². The normalized spacial score (nSPS) is 14.0. The Morgan fingerprint density at radius 3 is 2.59 bits per heavy atom. The first-order valence-corrected chi connectivity index (χ1v) is 11.6. The van der Waals surface area contributed by atoms with E-state index in [2.05, 4.69) is 25.7 Å². The monoisotopic (exact) mass is 550 g/mol. The Balaban J connectivity index is 1.56. The topological polar surface area (TPSA) is 170 Å². The highest BCUT2D eigenvalue weighted by atomic mass is 19.4. The Morgan fingerprint density at radius 1 is 1.28 bits per heavy atom. The molecule has 13 nitrogen and oxygen atoms in total. The third-order valence-corrected chi connectivity index (χ3v) is 5.30. The van der Waals surface area contributed by atoms with Crippen LogP contribution in [0.2, 0.25) is 0 Å². The average Bonchev–Trinajstić information content (AvgIpc) is 3.42. The lowest BCUT2D eigenvalue weighted by atomic mass is 10.2. The summed E-state index contributed by atoms with van der Waals surface area (Å²) in [5.74, 6) is -2.09. The molecule has 3 aromatic rings. The number of alkyl halides is 3. The predicted molar refractivity (Wildman–Crippen MR) is 130 cm³/mol. The molecule has 0 unspecified atom stereocenters. The molecule has 3 amide bonds. The summed E-state index contributed by atoms with van der Waals surface area (Å²) in [6.45, 7) is 4.18. The minimum absolute atomic E-state index is 0.00545. The summed E-state index contributed by atoms with van der Waals surface area (Å²) in [7, 11) is 0. The highest BCUT2D eigenvalue weighted by Gasteiger charge is 2.37. The van der Waals surface area contributed by atoms with Crippen molar-refractivity contribution in [3.63, 3.8) is 0 Å². The number of oxazole rings is 1. The molecule has 4 rings (SSSR count). The molecule has 1 saturated heterocycles. The highest BCUT2D eigenvalue weighted by molar-refractivity contribution is 6.07. The average molecular weight is 550 g/mol. The molecule has 4 N–H and O–H groups in total. The van der Waals surface area contributed by atoms with Gasteiger partial charge in [-0.3, -0.25) is 19.2 Å². The minimum Gasteiger partial charge on any atom is -0.444 e. The summed E-state index contributed by atoms with van der Waals surface area (Å²) >= 11 is 0. The van der Waals surface area contributed by atoms with Gasteiger partial charge in [-0.1, -0.05) is 0 Å². The van der Waals surface area contributed by atoms with Crippen molar-refractivity contribution in [3.05, 3.63) is 42.2 Å². The molecule has 0 atom stereocenters. The van der Waals surface area contributed by atoms with E-state index in [1.54, 1.807) is 0 Å². The van der Waals surface area contributed by atoms with Crippen LogP contribution in [0.4, 0.5) is 29.5 Å². The summed E-state index contributed by atoms with van der Waals surface area (Å²) in [5.41, 5.74) is 4.22. The summed E-state index contributed by atoms with van der Waals surface area (Å²) in [6.07, 6.45) is -2.33. The second-order valence-corrected chi connectivity index (χ2v) is 9.62. The number of halogens is 3. The van der Waals surface area contributed by atoms with Gasteiger partial charge in [0.05, 0.1) is 11.7 Å². The van der Waals surface area contributed by atoms with Crippen LogP contribution in [0.3, 0.4) is 0 Å². The Labute approximate surface area is 219 Å². The van der Waals surface area contributed by atoms with Crippen molar-refractivity contribution in [1.82, 2.24) is 25.1 Å². The number of nitrogens with one attached hydrogen (secondary N) is 2. The van der Waals surface area contributed by atoms with E-state index in [0.717, 1.165) is 18.5 Å². The number of carbonyl (C=O) groups excluding carboxylic acids is 3. The number of carbonyl (C=O) groups is 3. The van der Waals surface area contributed by atoms with E-state index in [1.807, 2.05) is 0 Å². The van der Waals surface area contributed by atoms with Crippen LogP contribution < -0.4 is 21.3 Å². The van der Waals surface area contributed by atoms with E-state index in [0.29, 0.717) is 18.0 Å². The van der Waals surface area contributed by atoms with Crippen LogP contribution >= 0.6 is 0 Å². The zero-order chi connectivity index (χ0) is 28.5. The molecule has 0 aliphatic carbocycles. The van der Waals surface area contributed by atoms with Crippen molar-refractivity contribution in [2.45, 2.75) is 38.6 Å². The van der Waals surface area contributed by atoms with Crippen molar-refractivity contribution in [3.8, 4) is 11.5 Å². The number of anilines is 2. The zero-order valence-corrected chi connectivity index (χ0v) is 21.1. The molecular weight excluding hydrogens is 525 g/mol. The standard InChI is InChI=1S/C23H25F3N8O5/c1-22(2,3)39-21(37)33(11-23(24,25)26)16-6-12(4-5-29-16)20-31-15(10-38-20)19(36)30-14-9-34(13-7-28-8-13)32-17(14)18(27)35/h4-6,9-10,13,28H,7-8,11H2,1-3H3,(H2,27,35)(H,30,36). The molecule has 16 heteroatoms. The van der Waals surface area contributed by atoms with Crippen LogP contribution in [0.1, 0.15) is 47.8 Å². The van der Waals surface area contributed by atoms with E-state index in [-0.39, 0.29) is 40.4 Å². The SMILES string of the molecule is CC(C)(C)OC(=O)N(CC(F)(F)F)c1cc(-c2nc(C(=O)Nc3cn(C4CNC4)nc3C(N)=O)co2)ccn1. The number of amides is 3. The molecule has 3 aromatic heterocycles. The van der Waals surface area contributed by atoms with Gasteiger partial charge in [0.1, 0.15) is 24.2 Å². The third kappa shape index (κ3) is 6.70. The molecule has 208 valence electrons. The molecule has 1 fully saturated rings. The summed E-state index contributed by atoms with van der Waals surface area (Å²) < 4.78 is 51.7. The lowest BCUT2D eigenvalue weighted by Crippen LogP contribution is -2.43. The quantitative estimate of drug-likeness (QED) is 0.400. The molecule has 1 aliphatic heterocycles. The maximum absolute atomic E-state index is 13.2. The van der Waals surface area contributed by atoms with E-state index < -0.39 is 36.2 Å². The number of rotatable bonds is 7. The summed E-state index contributed by atoms with van der Waals surface area (Å²) in [5, 5.41) is 9.71. The number of aromatic nitrogens is 4. The van der Waals surface area contributed by atoms with Gasteiger partial charge in [0.15, 0.2) is 11.4 Å². The maximum atomic E-state index is 13.2. The van der Waals surface area contributed by atoms with Gasteiger partial charge in [-0.25, -0.2) is 14.8 Å². The van der Waals surface area contributed by atoms with Crippen LogP contribution in [0, 0.1) is 0 Å². The fourth-order valence-electron chi connectivity index (χ4n) is 3.44. The first-order chi connectivity index (χ1) is 18.2. The van der Waals surface area contributed by atoms with Crippen LogP contribution in [-0.2, 0) is 4.74 Å². The molecule has 0 bridgehead atoms. The van der Waals surface area contributed by atoms with Gasteiger partial charge in [-0.05, 0) is 32.9 Å². The van der Waals surface area contributed by atoms with Gasteiger partial charge in [0, 0.05) is 31.0 Å². The fourth-order valence-corrected chi connectivity index (χ4v) is 3.44. The van der Waals surface area contributed by atoms with Crippen LogP contribution in [0.25, 0.3) is 11.5 Å². The third-order valence-electron chi connectivity index (χ3n) is 5.30. The fraction of sp³-hybridized carbons (Fsp3) is 0.391. The number of hydrogen-bond donors (Lipinski definition) is 3. The Hall–Kier alpha value is -4.47. The number of nitrogens with two attached hydrogens (primary N) is 1. The zero-order valence-electron chi connectivity index (χ0n) is 21.1. The lowest BCUT2D eigenvalue weighted by Gasteiger charge is -2.27. The molecule has 0 spiro atoms. The number of nitrogens with zero attached hydrogens (tertiary/aromatic N) is 5. The van der Waals surface area contributed by atoms with Crippen molar-refractivity contribution < 1.29 is 36.7 Å². The van der Waals surface area contributed by atoms with Gasteiger partial charge in [-0.15, -0.1) is 0 Å². The van der Waals surface area contributed by atoms with Crippen molar-refractivity contribution in [2.24, 2.45) is 5.73 Å². The highest BCUT2D eigenvalue weighted by Crippen LogP contribution is 2.27. The Kier molecular flexibility index (Phi) is 7.32. The van der Waals surface area contributed by atoms with Gasteiger partial charge in [0.25, 0.3) is 11.8 Å². The molecule has 0 saturated carbocycles. The number of hydrogen-bond acceptors (Lipinski definition) is 9. The maximum Gasteiger partial charge on any atom is 0.416 e. The number of ether oxygens (including phenoxy) is 1. The van der Waals surface area contributed by atoms with E-state index in [1.165, 1.54) is 37.7 Å². The second kappa shape index (κ2) is 10.4. The van der Waals surface area contributed by atoms with Crippen molar-refractivity contribution >= 4 is 29.4 Å². The summed E-state index contributed by atoms with van der Waals surface area (Å²) in [4.78, 5) is 45.4. The van der Waals surface area contributed by atoms with Gasteiger partial charge >= 0.3 is 12.3 Å². The summed E-state index contributed by atoms with van der Waals surface area (Å²) in [6, 6.07) is 2.52. The first-order valence-electron chi connectivity index (χ1n) is 11.6. The van der Waals surface area contributed by atoms with E-state index in [9.17, 15) is 27.6 Å². The van der Waals surface area contributed by atoms with Crippen LogP contribution in [0.5, 0.6) is 0 Å². The number of primary amides is 1. The molecule has 4 heterocycles. The molecule has 0 radical (unpaired) electrons. The van der Waals surface area contributed by atoms with Crippen LogP contribution in [0.15, 0.2) is 35.2 Å². The van der Waals surface area contributed by atoms with E-state index >= 15 is 0 Å². The van der Waals surface area contributed by atoms with Crippen molar-refractivity contribution in [1.29, 1.82) is 0 Å². The largest absolute Gasteiger partial charge is 0.444 e. The van der Waals surface area contributed by atoms with Gasteiger partial charge < -0.3 is 25.5 Å². The first kappa shape index (κ1) is 27.6. The molecular formula is C23H25F3N8O5. The van der Waals surface area contributed by atoms with Crippen molar-refractivity contribution in [2.75, 3.05) is 29.9 Å². The van der Waals surface area contributed by atoms with Gasteiger partial charge in [0.2, 0.25) is 5.89 Å². The smallest absolute Gasteiger partial charge is 0.416 e. The molecule has 39 heavy (non-hydrogen) atoms. The molecule has 1 aliphatic rings. The molecule has 0 aromatic carbocycles. The van der Waals surface area contributed by atoms with Gasteiger partial charge in [-0.2, -0.15) is 18.3 Å². The Morgan fingerprint density at radius 2 is 2.00 bits per heavy atom.